The lowest BCUT2D eigenvalue weighted by atomic mass is 10.0. The summed E-state index contributed by atoms with van der Waals surface area (Å²) in [5.74, 6) is 0.142. The molecule has 584 valence electrons. The van der Waals surface area contributed by atoms with Crippen LogP contribution in [-0.2, 0) is 65.4 Å². The zero-order valence-corrected chi connectivity index (χ0v) is 66.2. The SMILES string of the molecule is CCCCCC/C=C\C=C/CCCCCCCC(=O)OC[C@H](COP(=O)(O)OCC(O)COP(=O)(O)OC[C@@H](COC(=O)CCCCCCCCCC(C)C)OC(=O)CCCCCCCCCCCCCCC(C)C)OC(=O)CCCCCCCCCCCCCCCCCCC(C)C. The molecule has 19 heteroatoms. The molecule has 0 saturated carbocycles. The number of phosphoric ester groups is 2. The van der Waals surface area contributed by atoms with Crippen molar-refractivity contribution in [3.8, 4) is 0 Å². The van der Waals surface area contributed by atoms with Gasteiger partial charge in [0.1, 0.15) is 19.3 Å². The van der Waals surface area contributed by atoms with Crippen molar-refractivity contribution in [2.75, 3.05) is 39.6 Å². The minimum absolute atomic E-state index is 0.101. The Morgan fingerprint density at radius 3 is 0.818 bits per heavy atom. The monoisotopic (exact) mass is 1450 g/mol. The van der Waals surface area contributed by atoms with Crippen LogP contribution >= 0.6 is 15.6 Å². The maximum absolute atomic E-state index is 13.1. The first-order valence-corrected chi connectivity index (χ1v) is 43.7. The van der Waals surface area contributed by atoms with Gasteiger partial charge in [-0.25, -0.2) is 9.13 Å². The molecule has 0 aliphatic carbocycles. The van der Waals surface area contributed by atoms with Crippen molar-refractivity contribution in [2.45, 2.75) is 407 Å². The second-order valence-corrected chi connectivity index (χ2v) is 32.5. The van der Waals surface area contributed by atoms with Gasteiger partial charge in [0.2, 0.25) is 0 Å². The lowest BCUT2D eigenvalue weighted by Crippen LogP contribution is -2.30. The first kappa shape index (κ1) is 96.5. The van der Waals surface area contributed by atoms with E-state index < -0.39 is 97.5 Å². The summed E-state index contributed by atoms with van der Waals surface area (Å²) < 4.78 is 68.6. The van der Waals surface area contributed by atoms with Gasteiger partial charge in [-0.2, -0.15) is 0 Å². The van der Waals surface area contributed by atoms with Gasteiger partial charge in [-0.15, -0.1) is 0 Å². The molecule has 0 rings (SSSR count). The van der Waals surface area contributed by atoms with E-state index in [1.54, 1.807) is 0 Å². The lowest BCUT2D eigenvalue weighted by molar-refractivity contribution is -0.161. The number of hydrogen-bond acceptors (Lipinski definition) is 15. The summed E-state index contributed by atoms with van der Waals surface area (Å²) in [6.45, 7) is 11.8. The van der Waals surface area contributed by atoms with Gasteiger partial charge in [0.05, 0.1) is 26.4 Å². The number of unbranched alkanes of at least 4 members (excludes halogenated alkanes) is 41. The molecular formula is C80H152O17P2. The Bertz CT molecular complexity index is 2020. The predicted molar refractivity (Wildman–Crippen MR) is 404 cm³/mol. The van der Waals surface area contributed by atoms with E-state index in [0.29, 0.717) is 31.6 Å². The van der Waals surface area contributed by atoms with Crippen LogP contribution in [0.4, 0.5) is 0 Å². The fraction of sp³-hybridized carbons (Fsp3) is 0.900. The van der Waals surface area contributed by atoms with Crippen LogP contribution in [0.15, 0.2) is 24.3 Å². The lowest BCUT2D eigenvalue weighted by Gasteiger charge is -2.21. The molecular weight excluding hydrogens is 1290 g/mol. The average Bonchev–Trinajstić information content (AvgIpc) is 1.04. The number of rotatable bonds is 76. The van der Waals surface area contributed by atoms with Gasteiger partial charge >= 0.3 is 39.5 Å². The Balaban J connectivity index is 5.28. The van der Waals surface area contributed by atoms with Gasteiger partial charge < -0.3 is 33.8 Å². The number of aliphatic hydroxyl groups excluding tert-OH is 1. The number of carbonyl (C=O) groups excluding carboxylic acids is 4. The summed E-state index contributed by atoms with van der Waals surface area (Å²) in [6.07, 6.45) is 60.5. The summed E-state index contributed by atoms with van der Waals surface area (Å²) in [4.78, 5) is 72.9. The van der Waals surface area contributed by atoms with Crippen molar-refractivity contribution in [3.63, 3.8) is 0 Å². The van der Waals surface area contributed by atoms with Crippen LogP contribution in [-0.4, -0.2) is 96.7 Å². The van der Waals surface area contributed by atoms with Gasteiger partial charge in [-0.05, 0) is 69.1 Å². The van der Waals surface area contributed by atoms with E-state index in [0.717, 1.165) is 127 Å². The summed E-state index contributed by atoms with van der Waals surface area (Å²) in [7, 11) is -9.93. The number of carbonyl (C=O) groups is 4. The van der Waals surface area contributed by atoms with E-state index in [2.05, 4.69) is 72.8 Å². The Hall–Kier alpha value is -2.46. The van der Waals surface area contributed by atoms with Crippen molar-refractivity contribution < 1.29 is 80.2 Å². The van der Waals surface area contributed by atoms with Crippen molar-refractivity contribution in [2.24, 2.45) is 17.8 Å². The molecule has 0 aliphatic rings. The molecule has 0 aromatic carbocycles. The zero-order chi connectivity index (χ0) is 73.0. The van der Waals surface area contributed by atoms with E-state index >= 15 is 0 Å². The minimum atomic E-state index is -4.97. The standard InChI is InChI=1S/C80H152O17P2/c1-8-9-10-11-12-13-14-15-18-22-28-33-40-47-54-61-77(82)90-67-75(96-79(84)63-56-49-41-34-29-23-20-17-16-19-21-26-31-37-44-51-58-71(2)3)69-94-98(86,87)92-65-74(81)66-93-99(88,89)95-70-76(68-91-78(83)62-55-48-43-36-39-46-53-60-73(6)7)97-80(85)64-57-50-42-35-30-25-24-27-32-38-45-52-59-72(4)5/h13-15,18,71-76,81H,8-12,16-17,19-70H2,1-7H3,(H,86,87)(H,88,89)/b14-13-,18-15-/t74?,75-,76-/m1/s1. The van der Waals surface area contributed by atoms with E-state index in [9.17, 15) is 43.2 Å². The van der Waals surface area contributed by atoms with Crippen molar-refractivity contribution in [3.05, 3.63) is 24.3 Å². The molecule has 0 saturated heterocycles. The number of allylic oxidation sites excluding steroid dienone is 4. The second-order valence-electron chi connectivity index (χ2n) is 29.5. The molecule has 17 nitrogen and oxygen atoms in total. The van der Waals surface area contributed by atoms with E-state index in [4.69, 9.17) is 37.0 Å². The molecule has 0 bridgehead atoms. The third-order valence-electron chi connectivity index (χ3n) is 18.0. The molecule has 3 N–H and O–H groups in total. The molecule has 0 fully saturated rings. The Morgan fingerprint density at radius 2 is 0.545 bits per heavy atom. The van der Waals surface area contributed by atoms with Crippen LogP contribution in [0.3, 0.4) is 0 Å². The minimum Gasteiger partial charge on any atom is -0.462 e. The van der Waals surface area contributed by atoms with Crippen LogP contribution in [0.25, 0.3) is 0 Å². The molecule has 99 heavy (non-hydrogen) atoms. The van der Waals surface area contributed by atoms with Crippen LogP contribution < -0.4 is 0 Å². The van der Waals surface area contributed by atoms with Crippen LogP contribution in [0, 0.1) is 17.8 Å². The molecule has 0 aliphatic heterocycles. The number of hydrogen-bond donors (Lipinski definition) is 3. The van der Waals surface area contributed by atoms with Gasteiger partial charge in [0.25, 0.3) is 0 Å². The second kappa shape index (κ2) is 69.9. The normalized spacial score (nSPS) is 14.2. The highest BCUT2D eigenvalue weighted by Gasteiger charge is 2.30. The molecule has 0 heterocycles. The van der Waals surface area contributed by atoms with Crippen molar-refractivity contribution in [1.29, 1.82) is 0 Å². The molecule has 0 aromatic rings. The third kappa shape index (κ3) is 73.6. The average molecular weight is 1450 g/mol. The number of esters is 4. The molecule has 0 spiro atoms. The Morgan fingerprint density at radius 1 is 0.313 bits per heavy atom. The maximum Gasteiger partial charge on any atom is 0.472 e. The summed E-state index contributed by atoms with van der Waals surface area (Å²) in [5, 5.41) is 10.6. The smallest absolute Gasteiger partial charge is 0.462 e. The first-order valence-electron chi connectivity index (χ1n) is 40.7. The zero-order valence-electron chi connectivity index (χ0n) is 64.4. The largest absolute Gasteiger partial charge is 0.472 e. The topological polar surface area (TPSA) is 237 Å². The molecule has 0 amide bonds. The van der Waals surface area contributed by atoms with E-state index in [1.807, 2.05) is 0 Å². The molecule has 0 aromatic heterocycles. The van der Waals surface area contributed by atoms with Gasteiger partial charge in [-0.3, -0.25) is 37.3 Å². The maximum atomic E-state index is 13.1. The van der Waals surface area contributed by atoms with Crippen LogP contribution in [0.1, 0.15) is 389 Å². The summed E-state index contributed by atoms with van der Waals surface area (Å²) in [6, 6.07) is 0. The quantitative estimate of drug-likeness (QED) is 0.0169. The fourth-order valence-corrected chi connectivity index (χ4v) is 13.3. The van der Waals surface area contributed by atoms with Gasteiger partial charge in [-0.1, -0.05) is 336 Å². The molecule has 5 atom stereocenters. The van der Waals surface area contributed by atoms with Crippen molar-refractivity contribution >= 4 is 39.5 Å². The molecule has 3 unspecified atom stereocenters. The van der Waals surface area contributed by atoms with E-state index in [-0.39, 0.29) is 25.7 Å². The number of phosphoric acid groups is 2. The predicted octanol–water partition coefficient (Wildman–Crippen LogP) is 23.3. The third-order valence-corrected chi connectivity index (χ3v) is 19.9. The number of ether oxygens (including phenoxy) is 4. The molecule has 0 radical (unpaired) electrons. The Labute approximate surface area is 605 Å². The van der Waals surface area contributed by atoms with Crippen LogP contribution in [0.2, 0.25) is 0 Å². The van der Waals surface area contributed by atoms with Gasteiger partial charge in [0.15, 0.2) is 12.2 Å². The summed E-state index contributed by atoms with van der Waals surface area (Å²) in [5.41, 5.74) is 0. The highest BCUT2D eigenvalue weighted by Crippen LogP contribution is 2.45. The fourth-order valence-electron chi connectivity index (χ4n) is 11.8. The highest BCUT2D eigenvalue weighted by atomic mass is 31.2. The van der Waals surface area contributed by atoms with Crippen molar-refractivity contribution in [1.82, 2.24) is 0 Å². The number of aliphatic hydroxyl groups is 1. The summed E-state index contributed by atoms with van der Waals surface area (Å²) >= 11 is 0. The first-order chi connectivity index (χ1) is 47.7. The Kier molecular flexibility index (Phi) is 68.1. The van der Waals surface area contributed by atoms with Gasteiger partial charge in [0, 0.05) is 25.7 Å². The van der Waals surface area contributed by atoms with E-state index in [1.165, 1.54) is 173 Å². The van der Waals surface area contributed by atoms with Crippen LogP contribution in [0.5, 0.6) is 0 Å². The highest BCUT2D eigenvalue weighted by molar-refractivity contribution is 7.47.